The molecule has 0 radical (unpaired) electrons. The number of thiophene rings is 1. The minimum absolute atomic E-state index is 0.0322. The molecule has 0 unspecified atom stereocenters. The van der Waals surface area contributed by atoms with E-state index in [2.05, 4.69) is 35.4 Å². The van der Waals surface area contributed by atoms with Gasteiger partial charge in [-0.3, -0.25) is 4.79 Å². The summed E-state index contributed by atoms with van der Waals surface area (Å²) in [6, 6.07) is 2.47. The van der Waals surface area contributed by atoms with Crippen molar-refractivity contribution in [1.29, 1.82) is 0 Å². The summed E-state index contributed by atoms with van der Waals surface area (Å²) in [7, 11) is 0. The third-order valence-electron chi connectivity index (χ3n) is 4.99. The topological polar surface area (TPSA) is 68.0 Å². The summed E-state index contributed by atoms with van der Waals surface area (Å²) in [6.07, 6.45) is 6.00. The molecule has 1 fully saturated rings. The largest absolute Gasteiger partial charge is 0.410 e. The molecule has 2 atom stereocenters. The SMILES string of the molecule is C[C@H]1CCc2sc(-c3nnc(SCC(=O)N[C@H](C)C4CC4)o3)cc2C1. The highest BCUT2D eigenvalue weighted by molar-refractivity contribution is 7.99. The first-order chi connectivity index (χ1) is 12.1. The van der Waals surface area contributed by atoms with Crippen LogP contribution in [0.3, 0.4) is 0 Å². The van der Waals surface area contributed by atoms with Crippen molar-refractivity contribution in [3.63, 3.8) is 0 Å². The number of carbonyl (C=O) groups excluding carboxylic acids is 1. The molecule has 25 heavy (non-hydrogen) atoms. The van der Waals surface area contributed by atoms with Crippen molar-refractivity contribution >= 4 is 29.0 Å². The van der Waals surface area contributed by atoms with Gasteiger partial charge in [0.05, 0.1) is 10.6 Å². The first kappa shape index (κ1) is 17.1. The van der Waals surface area contributed by atoms with Crippen LogP contribution in [0, 0.1) is 11.8 Å². The zero-order valence-electron chi connectivity index (χ0n) is 14.6. The second-order valence-electron chi connectivity index (χ2n) is 7.26. The van der Waals surface area contributed by atoms with E-state index >= 15 is 0 Å². The van der Waals surface area contributed by atoms with Crippen LogP contribution in [0.5, 0.6) is 0 Å². The quantitative estimate of drug-likeness (QED) is 0.773. The number of nitrogens with one attached hydrogen (secondary N) is 1. The minimum atomic E-state index is 0.0322. The Morgan fingerprint density at radius 3 is 3.08 bits per heavy atom. The van der Waals surface area contributed by atoms with E-state index in [-0.39, 0.29) is 11.9 Å². The molecule has 1 N–H and O–H groups in total. The number of aryl methyl sites for hydroxylation is 1. The summed E-state index contributed by atoms with van der Waals surface area (Å²) in [6.45, 7) is 4.38. The molecule has 0 spiro atoms. The van der Waals surface area contributed by atoms with E-state index in [1.165, 1.54) is 41.5 Å². The average molecular weight is 378 g/mol. The molecule has 7 heteroatoms. The first-order valence-electron chi connectivity index (χ1n) is 8.96. The summed E-state index contributed by atoms with van der Waals surface area (Å²) in [5.41, 5.74) is 1.43. The molecule has 1 amide bonds. The highest BCUT2D eigenvalue weighted by Crippen LogP contribution is 2.37. The van der Waals surface area contributed by atoms with Gasteiger partial charge in [-0.1, -0.05) is 18.7 Å². The number of hydrogen-bond acceptors (Lipinski definition) is 6. The van der Waals surface area contributed by atoms with Crippen molar-refractivity contribution in [2.75, 3.05) is 5.75 Å². The summed E-state index contributed by atoms with van der Waals surface area (Å²) >= 11 is 3.07. The van der Waals surface area contributed by atoms with Crippen molar-refractivity contribution in [1.82, 2.24) is 15.5 Å². The van der Waals surface area contributed by atoms with Gasteiger partial charge in [-0.2, -0.15) is 0 Å². The molecule has 1 saturated carbocycles. The third-order valence-corrected chi connectivity index (χ3v) is 7.03. The number of carbonyl (C=O) groups is 1. The number of amides is 1. The molecule has 2 aromatic heterocycles. The summed E-state index contributed by atoms with van der Waals surface area (Å²) in [5, 5.41) is 11.8. The number of thioether (sulfide) groups is 1. The fraction of sp³-hybridized carbons (Fsp3) is 0.611. The molecule has 4 rings (SSSR count). The molecule has 2 aliphatic carbocycles. The van der Waals surface area contributed by atoms with E-state index in [1.54, 1.807) is 11.3 Å². The number of aromatic nitrogens is 2. The van der Waals surface area contributed by atoms with Crippen molar-refractivity contribution in [2.24, 2.45) is 11.8 Å². The van der Waals surface area contributed by atoms with Crippen LogP contribution in [0.25, 0.3) is 10.8 Å². The molecular weight excluding hydrogens is 354 g/mol. The lowest BCUT2D eigenvalue weighted by Crippen LogP contribution is -2.35. The van der Waals surface area contributed by atoms with Gasteiger partial charge in [0, 0.05) is 10.9 Å². The van der Waals surface area contributed by atoms with Crippen LogP contribution in [-0.2, 0) is 17.6 Å². The van der Waals surface area contributed by atoms with Crippen LogP contribution in [0.1, 0.15) is 43.6 Å². The Labute approximate surface area is 156 Å². The molecular formula is C18H23N3O2S2. The van der Waals surface area contributed by atoms with Crippen molar-refractivity contribution < 1.29 is 9.21 Å². The second kappa shape index (κ2) is 7.11. The Bertz CT molecular complexity index is 766. The molecule has 2 aliphatic rings. The Hall–Kier alpha value is -1.34. The molecule has 0 saturated heterocycles. The maximum Gasteiger partial charge on any atom is 0.277 e. The lowest BCUT2D eigenvalue weighted by atomic mass is 9.90. The van der Waals surface area contributed by atoms with Crippen LogP contribution >= 0.6 is 23.1 Å². The van der Waals surface area contributed by atoms with Crippen LogP contribution in [-0.4, -0.2) is 27.9 Å². The zero-order chi connectivity index (χ0) is 17.4. The third kappa shape index (κ3) is 4.08. The van der Waals surface area contributed by atoms with E-state index < -0.39 is 0 Å². The molecule has 134 valence electrons. The maximum absolute atomic E-state index is 12.0. The van der Waals surface area contributed by atoms with Gasteiger partial charge in [0.2, 0.25) is 5.91 Å². The fourth-order valence-corrected chi connectivity index (χ4v) is 5.02. The molecule has 0 aliphatic heterocycles. The van der Waals surface area contributed by atoms with Gasteiger partial charge < -0.3 is 9.73 Å². The van der Waals surface area contributed by atoms with Gasteiger partial charge in [0.25, 0.3) is 11.1 Å². The smallest absolute Gasteiger partial charge is 0.277 e. The molecule has 0 bridgehead atoms. The molecule has 0 aromatic carbocycles. The van der Waals surface area contributed by atoms with Crippen molar-refractivity contribution in [3.8, 4) is 10.8 Å². The zero-order valence-corrected chi connectivity index (χ0v) is 16.2. The minimum Gasteiger partial charge on any atom is -0.410 e. The summed E-state index contributed by atoms with van der Waals surface area (Å²) in [4.78, 5) is 14.5. The average Bonchev–Trinajstić information content (AvgIpc) is 3.19. The van der Waals surface area contributed by atoms with E-state index in [4.69, 9.17) is 4.42 Å². The summed E-state index contributed by atoms with van der Waals surface area (Å²) in [5.74, 6) is 2.33. The van der Waals surface area contributed by atoms with Gasteiger partial charge in [-0.15, -0.1) is 21.5 Å². The fourth-order valence-electron chi connectivity index (χ4n) is 3.32. The normalized spacial score (nSPS) is 21.0. The van der Waals surface area contributed by atoms with Gasteiger partial charge in [0.15, 0.2) is 0 Å². The van der Waals surface area contributed by atoms with E-state index in [0.717, 1.165) is 23.6 Å². The molecule has 5 nitrogen and oxygen atoms in total. The predicted octanol–water partition coefficient (Wildman–Crippen LogP) is 3.93. The standard InChI is InChI=1S/C18H23N3O2S2/c1-10-3-6-14-13(7-10)8-15(25-14)17-20-21-18(23-17)24-9-16(22)19-11(2)12-4-5-12/h8,10-12H,3-7,9H2,1-2H3,(H,19,22)/t10-,11+/m0/s1. The van der Waals surface area contributed by atoms with E-state index in [0.29, 0.717) is 22.8 Å². The van der Waals surface area contributed by atoms with Gasteiger partial charge in [-0.25, -0.2) is 0 Å². The second-order valence-corrected chi connectivity index (χ2v) is 9.33. The number of hydrogen-bond donors (Lipinski definition) is 1. The van der Waals surface area contributed by atoms with E-state index in [9.17, 15) is 4.79 Å². The highest BCUT2D eigenvalue weighted by atomic mass is 32.2. The van der Waals surface area contributed by atoms with Gasteiger partial charge in [-0.05, 0) is 62.5 Å². The monoisotopic (exact) mass is 377 g/mol. The van der Waals surface area contributed by atoms with Gasteiger partial charge in [0.1, 0.15) is 0 Å². The Kier molecular flexibility index (Phi) is 4.86. The number of fused-ring (bicyclic) bond motifs is 1. The Balaban J connectivity index is 1.35. The number of rotatable bonds is 6. The van der Waals surface area contributed by atoms with Crippen LogP contribution in [0.15, 0.2) is 15.7 Å². The van der Waals surface area contributed by atoms with E-state index in [1.807, 2.05) is 0 Å². The van der Waals surface area contributed by atoms with Crippen molar-refractivity contribution in [3.05, 3.63) is 16.5 Å². The lowest BCUT2D eigenvalue weighted by molar-refractivity contribution is -0.119. The van der Waals surface area contributed by atoms with Crippen LogP contribution in [0.2, 0.25) is 0 Å². The molecule has 2 heterocycles. The number of nitrogens with zero attached hydrogens (tertiary/aromatic N) is 2. The Morgan fingerprint density at radius 2 is 2.28 bits per heavy atom. The Morgan fingerprint density at radius 1 is 1.44 bits per heavy atom. The van der Waals surface area contributed by atoms with Crippen LogP contribution in [0.4, 0.5) is 0 Å². The first-order valence-corrected chi connectivity index (χ1v) is 10.8. The predicted molar refractivity (Wildman–Crippen MR) is 99.9 cm³/mol. The molecule has 2 aromatic rings. The summed E-state index contributed by atoms with van der Waals surface area (Å²) < 4.78 is 5.76. The highest BCUT2D eigenvalue weighted by Gasteiger charge is 2.29. The lowest BCUT2D eigenvalue weighted by Gasteiger charge is -2.16. The van der Waals surface area contributed by atoms with Crippen LogP contribution < -0.4 is 5.32 Å². The van der Waals surface area contributed by atoms with Gasteiger partial charge >= 0.3 is 0 Å². The van der Waals surface area contributed by atoms with Crippen molar-refractivity contribution in [2.45, 2.75) is 57.2 Å². The maximum atomic E-state index is 12.0.